The summed E-state index contributed by atoms with van der Waals surface area (Å²) < 4.78 is 34.9. The molecule has 0 aromatic heterocycles. The summed E-state index contributed by atoms with van der Waals surface area (Å²) in [5, 5.41) is 0. The summed E-state index contributed by atoms with van der Waals surface area (Å²) in [5.74, 6) is -0.763. The molecule has 2 atom stereocenters. The Morgan fingerprint density at radius 2 is 0.474 bits per heavy atom. The summed E-state index contributed by atoms with van der Waals surface area (Å²) in [7, 11) is 1.51. The number of quaternary nitrogens is 1. The first-order chi connectivity index (χ1) is 46.5. The molecule has 0 saturated heterocycles. The predicted octanol–water partition coefficient (Wildman–Crippen LogP) is 28.8. The molecule has 1 N–H and O–H groups in total. The van der Waals surface area contributed by atoms with Crippen LogP contribution in [0.5, 0.6) is 0 Å². The third-order valence-corrected chi connectivity index (χ3v) is 21.4. The minimum absolute atomic E-state index is 0.0379. The second kappa shape index (κ2) is 77.2. The molecule has 0 aromatic rings. The number of carbonyl (C=O) groups excluding carboxylic acids is 2. The van der Waals surface area contributed by atoms with Gasteiger partial charge in [-0.15, -0.1) is 0 Å². The molecule has 0 spiro atoms. The summed E-state index contributed by atoms with van der Waals surface area (Å²) in [6.07, 6.45) is 97.3. The summed E-state index contributed by atoms with van der Waals surface area (Å²) in [6, 6.07) is 0. The number of hydrogen-bond acceptors (Lipinski definition) is 7. The fraction of sp³-hybridized carbons (Fsp3) is 0.976. The molecule has 2 unspecified atom stereocenters. The Balaban J connectivity index is 3.83. The van der Waals surface area contributed by atoms with Crippen molar-refractivity contribution >= 4 is 19.8 Å². The number of rotatable bonds is 83. The lowest BCUT2D eigenvalue weighted by Crippen LogP contribution is -2.37. The summed E-state index contributed by atoms with van der Waals surface area (Å²) >= 11 is 0. The lowest BCUT2D eigenvalue weighted by Gasteiger charge is -2.24. The first-order valence-corrected chi connectivity index (χ1v) is 44.8. The third kappa shape index (κ3) is 81.9. The molecule has 0 saturated carbocycles. The van der Waals surface area contributed by atoms with Crippen molar-refractivity contribution in [3.05, 3.63) is 0 Å². The first-order valence-electron chi connectivity index (χ1n) is 43.3. The number of ether oxygens (including phenoxy) is 2. The number of hydrogen-bond donors (Lipinski definition) is 1. The summed E-state index contributed by atoms with van der Waals surface area (Å²) in [4.78, 5) is 36.0. The zero-order chi connectivity index (χ0) is 69.0. The van der Waals surface area contributed by atoms with Crippen molar-refractivity contribution in [2.45, 2.75) is 489 Å². The van der Waals surface area contributed by atoms with Crippen LogP contribution >= 0.6 is 7.82 Å². The highest BCUT2D eigenvalue weighted by atomic mass is 31.2. The minimum Gasteiger partial charge on any atom is -0.462 e. The van der Waals surface area contributed by atoms with Gasteiger partial charge < -0.3 is 18.9 Å². The normalized spacial score (nSPS) is 12.9. The number of likely N-dealkylation sites (N-methyl/N-ethyl adjacent to an activating group) is 1. The molecule has 0 rings (SSSR count). The number of phosphoric ester groups is 1. The Hall–Kier alpha value is -0.990. The molecule has 0 amide bonds. The quantitative estimate of drug-likeness (QED) is 0.0278. The summed E-state index contributed by atoms with van der Waals surface area (Å²) in [6.45, 7) is 4.55. The van der Waals surface area contributed by atoms with Crippen LogP contribution in [0.3, 0.4) is 0 Å². The van der Waals surface area contributed by atoms with Crippen molar-refractivity contribution in [1.82, 2.24) is 0 Å². The maximum atomic E-state index is 12.9. The maximum absolute atomic E-state index is 12.9. The van der Waals surface area contributed by atoms with Gasteiger partial charge in [-0.3, -0.25) is 18.6 Å². The van der Waals surface area contributed by atoms with Gasteiger partial charge in [0, 0.05) is 12.8 Å². The molecule has 0 heterocycles. The van der Waals surface area contributed by atoms with Crippen molar-refractivity contribution in [2.75, 3.05) is 47.5 Å². The van der Waals surface area contributed by atoms with Crippen molar-refractivity contribution in [3.8, 4) is 0 Å². The zero-order valence-corrected chi connectivity index (χ0v) is 66.1. The van der Waals surface area contributed by atoms with Crippen molar-refractivity contribution in [3.63, 3.8) is 0 Å². The van der Waals surface area contributed by atoms with Gasteiger partial charge in [0.15, 0.2) is 6.10 Å². The third-order valence-electron chi connectivity index (χ3n) is 20.4. The lowest BCUT2D eigenvalue weighted by molar-refractivity contribution is -0.870. The number of nitrogens with zero attached hydrogens (tertiary/aromatic N) is 1. The van der Waals surface area contributed by atoms with E-state index in [1.54, 1.807) is 0 Å². The van der Waals surface area contributed by atoms with Crippen LogP contribution in [-0.2, 0) is 32.7 Å². The van der Waals surface area contributed by atoms with E-state index in [0.717, 1.165) is 38.5 Å². The molecule has 0 aliphatic carbocycles. The van der Waals surface area contributed by atoms with Crippen LogP contribution < -0.4 is 0 Å². The Morgan fingerprint density at radius 3 is 0.674 bits per heavy atom. The Kier molecular flexibility index (Phi) is 76.4. The Morgan fingerprint density at radius 1 is 0.284 bits per heavy atom. The SMILES string of the molecule is CCCCCCCCCCCCCCCCCCCCCCCCCCCCCCCCCCCCCCCCCCC(=O)OC(COC(=O)CCCCCCCCCCCCCCCCCCCCCCCCCCCCCCCCC)COP(=O)(O)OCC[N+](C)(C)C. The van der Waals surface area contributed by atoms with Crippen LogP contribution in [0.15, 0.2) is 0 Å². The van der Waals surface area contributed by atoms with E-state index in [1.807, 2.05) is 21.1 Å². The molecule has 0 fully saturated rings. The van der Waals surface area contributed by atoms with Gasteiger partial charge in [-0.1, -0.05) is 457 Å². The van der Waals surface area contributed by atoms with E-state index in [1.165, 1.54) is 417 Å². The monoisotopic (exact) mass is 1370 g/mol. The van der Waals surface area contributed by atoms with E-state index in [9.17, 15) is 19.0 Å². The molecule has 0 radical (unpaired) electrons. The fourth-order valence-corrected chi connectivity index (χ4v) is 14.5. The number of phosphoric acid groups is 1. The molecule has 9 nitrogen and oxygen atoms in total. The van der Waals surface area contributed by atoms with E-state index in [4.69, 9.17) is 18.5 Å². The highest BCUT2D eigenvalue weighted by molar-refractivity contribution is 7.47. The van der Waals surface area contributed by atoms with E-state index in [2.05, 4.69) is 13.8 Å². The second-order valence-electron chi connectivity index (χ2n) is 31.3. The van der Waals surface area contributed by atoms with Gasteiger partial charge in [-0.25, -0.2) is 4.57 Å². The average Bonchev–Trinajstić information content (AvgIpc) is 2.15. The van der Waals surface area contributed by atoms with E-state index in [0.29, 0.717) is 17.4 Å². The smallest absolute Gasteiger partial charge is 0.462 e. The van der Waals surface area contributed by atoms with Gasteiger partial charge in [0.2, 0.25) is 0 Å². The van der Waals surface area contributed by atoms with Crippen LogP contribution in [0.2, 0.25) is 0 Å². The Labute approximate surface area is 594 Å². The lowest BCUT2D eigenvalue weighted by atomic mass is 10.0. The number of unbranched alkanes of at least 4 members (excludes halogenated alkanes) is 69. The Bertz CT molecular complexity index is 1560. The minimum atomic E-state index is -4.39. The number of carbonyl (C=O) groups is 2. The largest absolute Gasteiger partial charge is 0.472 e. The number of esters is 2. The van der Waals surface area contributed by atoms with Crippen molar-refractivity contribution in [1.29, 1.82) is 0 Å². The predicted molar refractivity (Wildman–Crippen MR) is 414 cm³/mol. The van der Waals surface area contributed by atoms with E-state index < -0.39 is 26.5 Å². The van der Waals surface area contributed by atoms with Crippen LogP contribution in [0.1, 0.15) is 483 Å². The molecule has 10 heteroatoms. The molecule has 0 bridgehead atoms. The molecule has 0 aliphatic heterocycles. The van der Waals surface area contributed by atoms with E-state index >= 15 is 0 Å². The average molecular weight is 1370 g/mol. The molecule has 0 aromatic carbocycles. The highest BCUT2D eigenvalue weighted by Crippen LogP contribution is 2.43. The molecule has 95 heavy (non-hydrogen) atoms. The van der Waals surface area contributed by atoms with Gasteiger partial charge in [0.25, 0.3) is 0 Å². The van der Waals surface area contributed by atoms with Crippen molar-refractivity contribution < 1.29 is 42.1 Å². The van der Waals surface area contributed by atoms with Crippen LogP contribution in [0.4, 0.5) is 0 Å². The van der Waals surface area contributed by atoms with Crippen LogP contribution in [0, 0.1) is 0 Å². The van der Waals surface area contributed by atoms with Crippen molar-refractivity contribution in [2.24, 2.45) is 0 Å². The van der Waals surface area contributed by atoms with E-state index in [-0.39, 0.29) is 25.6 Å². The zero-order valence-electron chi connectivity index (χ0n) is 65.2. The second-order valence-corrected chi connectivity index (χ2v) is 32.8. The fourth-order valence-electron chi connectivity index (χ4n) is 13.8. The van der Waals surface area contributed by atoms with Crippen LogP contribution in [-0.4, -0.2) is 74.9 Å². The molecule has 568 valence electrons. The van der Waals surface area contributed by atoms with Gasteiger partial charge >= 0.3 is 19.8 Å². The standard InChI is InChI=1S/C85H170NO8P/c1-6-8-10-12-14-16-18-20-22-24-26-28-30-32-34-36-38-39-40-41-42-43-44-45-46-48-50-52-54-56-58-60-62-64-66-68-70-72-74-76-78-85(88)94-83(82-93-95(89,90)92-80-79-86(3,4)5)81-91-84(87)77-75-73-71-69-67-65-63-61-59-57-55-53-51-49-47-37-35-33-31-29-27-25-23-21-19-17-15-13-11-9-7-2/h83H,6-82H2,1-5H3/p+1. The van der Waals surface area contributed by atoms with Crippen LogP contribution in [0.25, 0.3) is 0 Å². The first kappa shape index (κ1) is 94.0. The summed E-state index contributed by atoms with van der Waals surface area (Å²) in [5.41, 5.74) is 0. The maximum Gasteiger partial charge on any atom is 0.472 e. The highest BCUT2D eigenvalue weighted by Gasteiger charge is 2.27. The van der Waals surface area contributed by atoms with Gasteiger partial charge in [-0.05, 0) is 12.8 Å². The van der Waals surface area contributed by atoms with Gasteiger partial charge in [-0.2, -0.15) is 0 Å². The topological polar surface area (TPSA) is 108 Å². The van der Waals surface area contributed by atoms with Gasteiger partial charge in [0.05, 0.1) is 27.7 Å². The molecular weight excluding hydrogens is 1190 g/mol. The molecule has 0 aliphatic rings. The van der Waals surface area contributed by atoms with Gasteiger partial charge in [0.1, 0.15) is 19.8 Å². The molecular formula is C85H171NO8P+.